The summed E-state index contributed by atoms with van der Waals surface area (Å²) in [6.07, 6.45) is 3.63. The Labute approximate surface area is 194 Å². The molecule has 0 fully saturated rings. The minimum absolute atomic E-state index is 0.166. The Hall–Kier alpha value is -3.98. The summed E-state index contributed by atoms with van der Waals surface area (Å²) in [5.41, 5.74) is 9.05. The van der Waals surface area contributed by atoms with E-state index in [-0.39, 0.29) is 17.9 Å². The number of ether oxygens (including phenoxy) is 1. The molecule has 1 aromatic carbocycles. The van der Waals surface area contributed by atoms with Crippen molar-refractivity contribution < 1.29 is 14.3 Å². The van der Waals surface area contributed by atoms with Gasteiger partial charge >= 0.3 is 0 Å². The molecule has 0 spiro atoms. The van der Waals surface area contributed by atoms with E-state index >= 15 is 0 Å². The van der Waals surface area contributed by atoms with Crippen LogP contribution in [-0.4, -0.2) is 31.4 Å². The van der Waals surface area contributed by atoms with E-state index in [1.54, 1.807) is 40.9 Å². The number of aromatic nitrogens is 4. The van der Waals surface area contributed by atoms with Crippen LogP contribution in [0, 0.1) is 13.8 Å². The van der Waals surface area contributed by atoms with Gasteiger partial charge in [0, 0.05) is 28.9 Å². The molecule has 0 radical (unpaired) electrons. The van der Waals surface area contributed by atoms with E-state index in [0.29, 0.717) is 34.4 Å². The van der Waals surface area contributed by atoms with Crippen LogP contribution in [0.15, 0.2) is 48.8 Å². The third kappa shape index (κ3) is 4.93. The number of nitrogens with zero attached hydrogens (tertiary/aromatic N) is 4. The Balaban J connectivity index is 1.39. The molecule has 10 heteroatoms. The first-order chi connectivity index (χ1) is 15.8. The van der Waals surface area contributed by atoms with Crippen LogP contribution < -0.4 is 15.8 Å². The zero-order valence-corrected chi connectivity index (χ0v) is 18.8. The molecule has 4 aromatic rings. The average molecular weight is 465 g/mol. The fourth-order valence-electron chi connectivity index (χ4n) is 3.45. The lowest BCUT2D eigenvalue weighted by atomic mass is 10.1. The molecule has 168 valence electrons. The maximum Gasteiger partial charge on any atom is 0.254 e. The van der Waals surface area contributed by atoms with E-state index in [0.717, 1.165) is 17.0 Å². The van der Waals surface area contributed by atoms with E-state index in [1.165, 1.54) is 12.4 Å². The molecule has 3 aromatic heterocycles. The zero-order valence-electron chi connectivity index (χ0n) is 18.0. The second kappa shape index (κ2) is 9.25. The number of carbonyl (C=O) groups excluding carboxylic acids is 2. The van der Waals surface area contributed by atoms with E-state index in [4.69, 9.17) is 22.1 Å². The van der Waals surface area contributed by atoms with E-state index in [1.807, 2.05) is 13.8 Å². The molecule has 33 heavy (non-hydrogen) atoms. The number of amides is 2. The molecule has 0 saturated heterocycles. The first kappa shape index (κ1) is 22.2. The fourth-order valence-corrected chi connectivity index (χ4v) is 3.57. The third-order valence-corrected chi connectivity index (χ3v) is 5.38. The molecule has 3 N–H and O–H groups in total. The number of halogens is 1. The minimum Gasteiger partial charge on any atom is -0.439 e. The SMILES string of the molecule is Cc1nc2c(C(N)=O)cnn2c(C)c1CCC(=O)Nc1ccc(Oc2ccc(Cl)cc2)nc1. The van der Waals surface area contributed by atoms with Gasteiger partial charge in [-0.25, -0.2) is 14.5 Å². The van der Waals surface area contributed by atoms with Crippen molar-refractivity contribution in [3.63, 3.8) is 0 Å². The number of fused-ring (bicyclic) bond motifs is 1. The highest BCUT2D eigenvalue weighted by Gasteiger charge is 2.17. The number of hydrogen-bond acceptors (Lipinski definition) is 6. The minimum atomic E-state index is -0.582. The average Bonchev–Trinajstić information content (AvgIpc) is 3.21. The molecule has 4 rings (SSSR count). The summed E-state index contributed by atoms with van der Waals surface area (Å²) in [5.74, 6) is 0.262. The number of aryl methyl sites for hydroxylation is 2. The number of carbonyl (C=O) groups is 2. The van der Waals surface area contributed by atoms with E-state index in [2.05, 4.69) is 20.4 Å². The molecule has 0 saturated carbocycles. The molecule has 0 unspecified atom stereocenters. The summed E-state index contributed by atoms with van der Waals surface area (Å²) in [6, 6.07) is 10.3. The molecule has 0 aliphatic rings. The molecule has 2 amide bonds. The van der Waals surface area contributed by atoms with Gasteiger partial charge in [-0.05, 0) is 56.2 Å². The molecule has 9 nitrogen and oxygen atoms in total. The summed E-state index contributed by atoms with van der Waals surface area (Å²) in [5, 5.41) is 7.65. The van der Waals surface area contributed by atoms with Gasteiger partial charge in [-0.3, -0.25) is 9.59 Å². The highest BCUT2D eigenvalue weighted by molar-refractivity contribution is 6.30. The highest BCUT2D eigenvalue weighted by Crippen LogP contribution is 2.23. The molecule has 3 heterocycles. The summed E-state index contributed by atoms with van der Waals surface area (Å²) < 4.78 is 7.22. The van der Waals surface area contributed by atoms with Crippen LogP contribution in [-0.2, 0) is 11.2 Å². The molecule has 0 aliphatic carbocycles. The maximum atomic E-state index is 12.5. The van der Waals surface area contributed by atoms with Crippen LogP contribution in [0.2, 0.25) is 5.02 Å². The van der Waals surface area contributed by atoms with Gasteiger partial charge in [0.25, 0.3) is 5.91 Å². The van der Waals surface area contributed by atoms with Crippen LogP contribution in [0.3, 0.4) is 0 Å². The van der Waals surface area contributed by atoms with Crippen LogP contribution in [0.4, 0.5) is 5.69 Å². The Morgan fingerprint density at radius 3 is 2.55 bits per heavy atom. The molecular weight excluding hydrogens is 444 g/mol. The largest absolute Gasteiger partial charge is 0.439 e. The molecule has 0 bridgehead atoms. The standard InChI is InChI=1S/C23H21ClN6O3/c1-13-18(14(2)30-23(28-13)19(12-27-30)22(25)32)8-9-20(31)29-16-5-10-21(26-11-16)33-17-6-3-15(24)4-7-17/h3-7,10-12H,8-9H2,1-2H3,(H2,25,32)(H,29,31). The fraction of sp³-hybridized carbons (Fsp3) is 0.174. The lowest BCUT2D eigenvalue weighted by Gasteiger charge is -2.12. The van der Waals surface area contributed by atoms with Gasteiger partial charge in [0.1, 0.15) is 11.3 Å². The van der Waals surface area contributed by atoms with Crippen LogP contribution in [0.5, 0.6) is 11.6 Å². The Bertz CT molecular complexity index is 1330. The second-order valence-corrected chi connectivity index (χ2v) is 7.84. The van der Waals surface area contributed by atoms with Crippen molar-refractivity contribution in [3.8, 4) is 11.6 Å². The Morgan fingerprint density at radius 2 is 1.88 bits per heavy atom. The van der Waals surface area contributed by atoms with E-state index in [9.17, 15) is 9.59 Å². The van der Waals surface area contributed by atoms with Gasteiger partial charge < -0.3 is 15.8 Å². The first-order valence-electron chi connectivity index (χ1n) is 10.1. The van der Waals surface area contributed by atoms with Crippen LogP contribution >= 0.6 is 11.6 Å². The van der Waals surface area contributed by atoms with Crippen molar-refractivity contribution in [2.24, 2.45) is 5.73 Å². The lowest BCUT2D eigenvalue weighted by molar-refractivity contribution is -0.116. The Kier molecular flexibility index (Phi) is 6.23. The van der Waals surface area contributed by atoms with E-state index < -0.39 is 5.91 Å². The van der Waals surface area contributed by atoms with Crippen molar-refractivity contribution in [1.29, 1.82) is 0 Å². The summed E-state index contributed by atoms with van der Waals surface area (Å²) in [4.78, 5) is 32.7. The first-order valence-corrected chi connectivity index (χ1v) is 10.5. The van der Waals surface area contributed by atoms with Gasteiger partial charge in [-0.2, -0.15) is 5.10 Å². The predicted molar refractivity (Wildman–Crippen MR) is 124 cm³/mol. The lowest BCUT2D eigenvalue weighted by Crippen LogP contribution is -2.15. The van der Waals surface area contributed by atoms with Crippen molar-refractivity contribution in [2.75, 3.05) is 5.32 Å². The van der Waals surface area contributed by atoms with Crippen molar-refractivity contribution in [2.45, 2.75) is 26.7 Å². The number of anilines is 1. The highest BCUT2D eigenvalue weighted by atomic mass is 35.5. The second-order valence-electron chi connectivity index (χ2n) is 7.41. The third-order valence-electron chi connectivity index (χ3n) is 5.13. The van der Waals surface area contributed by atoms with Gasteiger partial charge in [-0.1, -0.05) is 11.6 Å². The van der Waals surface area contributed by atoms with Crippen LogP contribution in [0.25, 0.3) is 5.65 Å². The number of nitrogens with one attached hydrogen (secondary N) is 1. The molecule has 0 aliphatic heterocycles. The van der Waals surface area contributed by atoms with Crippen molar-refractivity contribution >= 4 is 34.7 Å². The van der Waals surface area contributed by atoms with Crippen molar-refractivity contribution in [1.82, 2.24) is 19.6 Å². The topological polar surface area (TPSA) is 124 Å². The number of pyridine rings is 1. The molecular formula is C23H21ClN6O3. The summed E-state index contributed by atoms with van der Waals surface area (Å²) in [6.45, 7) is 3.71. The van der Waals surface area contributed by atoms with Gasteiger partial charge in [0.2, 0.25) is 11.8 Å². The predicted octanol–water partition coefficient (Wildman–Crippen LogP) is 3.86. The summed E-state index contributed by atoms with van der Waals surface area (Å²) >= 11 is 5.87. The number of nitrogens with two attached hydrogens (primary N) is 1. The van der Waals surface area contributed by atoms with Gasteiger partial charge in [0.05, 0.1) is 18.1 Å². The number of benzene rings is 1. The monoisotopic (exact) mass is 464 g/mol. The van der Waals surface area contributed by atoms with Gasteiger partial charge in [0.15, 0.2) is 5.65 Å². The summed E-state index contributed by atoms with van der Waals surface area (Å²) in [7, 11) is 0. The number of rotatable bonds is 7. The number of hydrogen-bond donors (Lipinski definition) is 2. The normalized spacial score (nSPS) is 10.9. The van der Waals surface area contributed by atoms with Crippen LogP contribution in [0.1, 0.15) is 33.7 Å². The Morgan fingerprint density at radius 1 is 1.12 bits per heavy atom. The quantitative estimate of drug-likeness (QED) is 0.428. The zero-order chi connectivity index (χ0) is 23.5. The van der Waals surface area contributed by atoms with Crippen molar-refractivity contribution in [3.05, 3.63) is 76.3 Å². The molecule has 0 atom stereocenters. The van der Waals surface area contributed by atoms with Gasteiger partial charge in [-0.15, -0.1) is 0 Å². The maximum absolute atomic E-state index is 12.5. The smallest absolute Gasteiger partial charge is 0.254 e. The number of primary amides is 1.